The maximum atomic E-state index is 11.5. The lowest BCUT2D eigenvalue weighted by molar-refractivity contribution is 0.202. The third kappa shape index (κ3) is 7.82. The molecule has 4 rings (SSSR count). The molecule has 0 saturated heterocycles. The van der Waals surface area contributed by atoms with Crippen molar-refractivity contribution >= 4 is 12.4 Å². The van der Waals surface area contributed by atoms with Crippen LogP contribution in [0.1, 0.15) is 114 Å². The van der Waals surface area contributed by atoms with Crippen LogP contribution in [-0.2, 0) is 23.9 Å². The predicted octanol–water partition coefficient (Wildman–Crippen LogP) is 7.20. The number of phenolic OH excluding ortho intramolecular Hbond substituents is 2. The highest BCUT2D eigenvalue weighted by Gasteiger charge is 2.26. The number of nitrogens with zero attached hydrogens (tertiary/aromatic N) is 4. The van der Waals surface area contributed by atoms with E-state index in [-0.39, 0.29) is 22.9 Å². The lowest BCUT2D eigenvalue weighted by Crippen LogP contribution is -2.35. The second-order valence-corrected chi connectivity index (χ2v) is 14.4. The van der Waals surface area contributed by atoms with Gasteiger partial charge in [-0.15, -0.1) is 0 Å². The van der Waals surface area contributed by atoms with Gasteiger partial charge in [0.05, 0.1) is 12.1 Å². The smallest absolute Gasteiger partial charge is 0.128 e. The minimum Gasteiger partial charge on any atom is -0.507 e. The van der Waals surface area contributed by atoms with Gasteiger partial charge in [-0.05, 0) is 60.0 Å². The van der Waals surface area contributed by atoms with Crippen LogP contribution in [0.15, 0.2) is 34.3 Å². The Morgan fingerprint density at radius 1 is 0.667 bits per heavy atom. The molecule has 0 radical (unpaired) electrons. The maximum absolute atomic E-state index is 11.5. The van der Waals surface area contributed by atoms with Gasteiger partial charge in [0.15, 0.2) is 0 Å². The Morgan fingerprint density at radius 2 is 1.05 bits per heavy atom. The lowest BCUT2D eigenvalue weighted by atomic mass is 9.84. The molecule has 0 spiro atoms. The Kier molecular flexibility index (Phi) is 10.2. The van der Waals surface area contributed by atoms with Crippen molar-refractivity contribution in [2.75, 3.05) is 26.2 Å². The average Bonchev–Trinajstić information content (AvgIpc) is 2.93. The van der Waals surface area contributed by atoms with Gasteiger partial charge >= 0.3 is 0 Å². The first-order valence-corrected chi connectivity index (χ1v) is 16.0. The standard InChI is InChI=1S/C36H54N4O2/c1-9-39-15-16-40(10-2)24-28-20-30(36(6,7)8)18-26(34(28)42)22-38-32-14-12-11-13-31(32)37-21-25-17-29(35(3,4)5)19-27(23-39)33(25)41/h17-22,31-32,41-42H,9-16,23-24H2,1-8H3/t31-,32?/m1/s1. The zero-order chi connectivity index (χ0) is 30.7. The summed E-state index contributed by atoms with van der Waals surface area (Å²) >= 11 is 0. The fourth-order valence-corrected chi connectivity index (χ4v) is 6.00. The molecule has 1 fully saturated rings. The molecule has 2 N–H and O–H groups in total. The van der Waals surface area contributed by atoms with Gasteiger partial charge < -0.3 is 10.2 Å². The average molecular weight is 575 g/mol. The highest BCUT2D eigenvalue weighted by Crippen LogP contribution is 2.34. The summed E-state index contributed by atoms with van der Waals surface area (Å²) in [5.74, 6) is 0.674. The van der Waals surface area contributed by atoms with Crippen molar-refractivity contribution in [3.63, 3.8) is 0 Å². The summed E-state index contributed by atoms with van der Waals surface area (Å²) in [5, 5.41) is 22.9. The molecule has 0 amide bonds. The molecule has 1 aliphatic heterocycles. The van der Waals surface area contributed by atoms with Crippen LogP contribution >= 0.6 is 0 Å². The van der Waals surface area contributed by atoms with Gasteiger partial charge in [0.25, 0.3) is 0 Å². The van der Waals surface area contributed by atoms with Gasteiger partial charge in [-0.25, -0.2) is 0 Å². The summed E-state index contributed by atoms with van der Waals surface area (Å²) in [5.41, 5.74) is 5.81. The van der Waals surface area contributed by atoms with Crippen LogP contribution in [-0.4, -0.2) is 70.7 Å². The predicted molar refractivity (Wildman–Crippen MR) is 177 cm³/mol. The number of hydrogen-bond donors (Lipinski definition) is 2. The second kappa shape index (κ2) is 13.3. The number of rotatable bonds is 2. The SMILES string of the molecule is CCN1CCN(CC)Cc2cc(C(C)(C)C)cc(c2O)C=N[C@@H]2CCCCC2N=Cc2cc(C(C)(C)C)cc(c2O)C1. The molecule has 4 bridgehead atoms. The largest absolute Gasteiger partial charge is 0.507 e. The van der Waals surface area contributed by atoms with Gasteiger partial charge in [0, 0.05) is 60.9 Å². The molecule has 0 aromatic heterocycles. The Bertz CT molecular complexity index is 1190. The van der Waals surface area contributed by atoms with E-state index in [0.29, 0.717) is 24.6 Å². The van der Waals surface area contributed by atoms with Crippen LogP contribution < -0.4 is 0 Å². The Hall–Kier alpha value is -2.70. The third-order valence-electron chi connectivity index (χ3n) is 9.09. The van der Waals surface area contributed by atoms with Gasteiger partial charge in [-0.3, -0.25) is 19.8 Å². The topological polar surface area (TPSA) is 71.7 Å². The van der Waals surface area contributed by atoms with Gasteiger partial charge in [-0.2, -0.15) is 0 Å². The maximum Gasteiger partial charge on any atom is 0.128 e. The zero-order valence-corrected chi connectivity index (χ0v) is 27.4. The molecular formula is C36H54N4O2. The Balaban J connectivity index is 1.83. The summed E-state index contributed by atoms with van der Waals surface area (Å²) < 4.78 is 0. The zero-order valence-electron chi connectivity index (χ0n) is 27.4. The van der Waals surface area contributed by atoms with E-state index >= 15 is 0 Å². The third-order valence-corrected chi connectivity index (χ3v) is 9.09. The van der Waals surface area contributed by atoms with Crippen molar-refractivity contribution < 1.29 is 10.2 Å². The first kappa shape index (κ1) is 32.2. The number of benzene rings is 2. The first-order valence-electron chi connectivity index (χ1n) is 16.0. The van der Waals surface area contributed by atoms with Gasteiger partial charge in [0.2, 0.25) is 0 Å². The highest BCUT2D eigenvalue weighted by molar-refractivity contribution is 5.86. The van der Waals surface area contributed by atoms with E-state index in [1.165, 1.54) is 11.1 Å². The fourth-order valence-electron chi connectivity index (χ4n) is 6.00. The number of phenols is 2. The molecule has 1 heterocycles. The van der Waals surface area contributed by atoms with Crippen molar-refractivity contribution in [1.82, 2.24) is 9.80 Å². The normalized spacial score (nSPS) is 21.5. The van der Waals surface area contributed by atoms with E-state index in [1.807, 2.05) is 12.4 Å². The van der Waals surface area contributed by atoms with E-state index < -0.39 is 0 Å². The molecule has 1 unspecified atom stereocenters. The Morgan fingerprint density at radius 3 is 1.38 bits per heavy atom. The minimum atomic E-state index is -0.0452. The molecule has 6 nitrogen and oxygen atoms in total. The molecule has 2 aliphatic rings. The molecule has 2 aromatic rings. The quantitative estimate of drug-likeness (QED) is 0.398. The van der Waals surface area contributed by atoms with Crippen LogP contribution in [0.25, 0.3) is 0 Å². The van der Waals surface area contributed by atoms with E-state index in [1.54, 1.807) is 0 Å². The number of fused-ring (bicyclic) bond motifs is 5. The van der Waals surface area contributed by atoms with Crippen molar-refractivity contribution in [1.29, 1.82) is 0 Å². The van der Waals surface area contributed by atoms with E-state index in [9.17, 15) is 10.2 Å². The number of likely N-dealkylation sites (N-methyl/N-ethyl adjacent to an activating group) is 2. The monoisotopic (exact) mass is 574 g/mol. The molecule has 42 heavy (non-hydrogen) atoms. The first-order chi connectivity index (χ1) is 19.8. The number of hydrogen-bond acceptors (Lipinski definition) is 6. The van der Waals surface area contributed by atoms with Crippen LogP contribution in [0, 0.1) is 0 Å². The highest BCUT2D eigenvalue weighted by atomic mass is 16.3. The van der Waals surface area contributed by atoms with Crippen LogP contribution in [0.2, 0.25) is 0 Å². The molecule has 1 aliphatic carbocycles. The second-order valence-electron chi connectivity index (χ2n) is 14.4. The van der Waals surface area contributed by atoms with Gasteiger partial charge in [-0.1, -0.05) is 80.4 Å². The van der Waals surface area contributed by atoms with Crippen LogP contribution in [0.5, 0.6) is 11.5 Å². The summed E-state index contributed by atoms with van der Waals surface area (Å²) in [4.78, 5) is 14.9. The molecular weight excluding hydrogens is 520 g/mol. The summed E-state index contributed by atoms with van der Waals surface area (Å²) in [6.07, 6.45) is 7.97. The fraction of sp³-hybridized carbons (Fsp3) is 0.611. The van der Waals surface area contributed by atoms with E-state index in [0.717, 1.165) is 74.1 Å². The lowest BCUT2D eigenvalue weighted by Gasteiger charge is -2.29. The summed E-state index contributed by atoms with van der Waals surface area (Å²) in [6, 6.07) is 8.66. The van der Waals surface area contributed by atoms with Crippen LogP contribution in [0.3, 0.4) is 0 Å². The van der Waals surface area contributed by atoms with Crippen molar-refractivity contribution in [3.8, 4) is 11.5 Å². The molecule has 6 heteroatoms. The van der Waals surface area contributed by atoms with Crippen molar-refractivity contribution in [2.24, 2.45) is 9.98 Å². The molecule has 230 valence electrons. The number of aliphatic imine (C=N–C) groups is 2. The molecule has 1 saturated carbocycles. The van der Waals surface area contributed by atoms with Crippen molar-refractivity contribution in [2.45, 2.75) is 117 Å². The van der Waals surface area contributed by atoms with Crippen molar-refractivity contribution in [3.05, 3.63) is 57.6 Å². The van der Waals surface area contributed by atoms with Crippen LogP contribution in [0.4, 0.5) is 0 Å². The Labute approximate surface area is 254 Å². The molecule has 2 aromatic carbocycles. The van der Waals surface area contributed by atoms with E-state index in [2.05, 4.69) is 89.5 Å². The van der Waals surface area contributed by atoms with E-state index in [4.69, 9.17) is 9.98 Å². The number of aromatic hydroxyl groups is 2. The summed E-state index contributed by atoms with van der Waals surface area (Å²) in [6.45, 7) is 22.6. The molecule has 2 atom stereocenters. The summed E-state index contributed by atoms with van der Waals surface area (Å²) in [7, 11) is 0. The minimum absolute atomic E-state index is 0.0452. The van der Waals surface area contributed by atoms with Gasteiger partial charge in [0.1, 0.15) is 11.5 Å².